The maximum Gasteiger partial charge on any atom is 0.259 e. The van der Waals surface area contributed by atoms with Crippen LogP contribution in [0.4, 0.5) is 22.0 Å². The molecule has 242 valence electrons. The summed E-state index contributed by atoms with van der Waals surface area (Å²) in [5.74, 6) is -12.8. The highest BCUT2D eigenvalue weighted by atomic mass is 35.5. The van der Waals surface area contributed by atoms with Crippen molar-refractivity contribution in [3.05, 3.63) is 68.5 Å². The molecule has 0 saturated carbocycles. The number of rotatable bonds is 9. The molecule has 2 aliphatic rings. The molecule has 2 heterocycles. The van der Waals surface area contributed by atoms with Crippen molar-refractivity contribution in [2.75, 3.05) is 47.3 Å². The van der Waals surface area contributed by atoms with Crippen LogP contribution < -0.4 is 5.32 Å². The summed E-state index contributed by atoms with van der Waals surface area (Å²) >= 11 is 12.5. The Bertz CT molecular complexity index is 1360. The average molecular weight is 664 g/mol. The van der Waals surface area contributed by atoms with Gasteiger partial charge in [-0.3, -0.25) is 14.5 Å². The zero-order chi connectivity index (χ0) is 32.3. The van der Waals surface area contributed by atoms with Gasteiger partial charge in [0.25, 0.3) is 5.91 Å². The van der Waals surface area contributed by atoms with Crippen molar-refractivity contribution >= 4 is 35.0 Å². The van der Waals surface area contributed by atoms with Crippen LogP contribution in [0.3, 0.4) is 0 Å². The van der Waals surface area contributed by atoms with E-state index in [0.717, 1.165) is 43.8 Å². The molecule has 0 spiro atoms. The summed E-state index contributed by atoms with van der Waals surface area (Å²) in [5, 5.41) is 3.94. The molecule has 13 heteroatoms. The standard InChI is InChI=1S/C31H37Cl2F5N4O2/c1-40(2)30(44)31(11-13-39-14-12-31)42-15-5-4-6-20(42)9-7-19(18-8-10-21(32)22(33)16-18)17-41(3)29(43)23-24(34)26(36)28(38)27(37)25(23)35/h8,10,16,19-20,39H,4-7,9,11-15,17H2,1-3H3. The number of likely N-dealkylation sites (N-methyl/N-ethyl adjacent to an activating group) is 2. The van der Waals surface area contributed by atoms with Gasteiger partial charge in [0.2, 0.25) is 11.7 Å². The fourth-order valence-corrected chi connectivity index (χ4v) is 6.97. The van der Waals surface area contributed by atoms with Gasteiger partial charge in [0.15, 0.2) is 23.3 Å². The second-order valence-corrected chi connectivity index (χ2v) is 12.7. The van der Waals surface area contributed by atoms with E-state index in [-0.39, 0.29) is 23.5 Å². The smallest absolute Gasteiger partial charge is 0.259 e. The fraction of sp³-hybridized carbons (Fsp3) is 0.548. The highest BCUT2D eigenvalue weighted by molar-refractivity contribution is 6.42. The Morgan fingerprint density at radius 3 is 2.16 bits per heavy atom. The van der Waals surface area contributed by atoms with Crippen molar-refractivity contribution in [3.63, 3.8) is 0 Å². The fourth-order valence-electron chi connectivity index (χ4n) is 6.66. The maximum atomic E-state index is 14.5. The summed E-state index contributed by atoms with van der Waals surface area (Å²) in [7, 11) is 4.78. The van der Waals surface area contributed by atoms with Crippen LogP contribution in [-0.4, -0.2) is 85.4 Å². The highest BCUT2D eigenvalue weighted by Gasteiger charge is 2.48. The van der Waals surface area contributed by atoms with Crippen molar-refractivity contribution in [2.24, 2.45) is 0 Å². The monoisotopic (exact) mass is 662 g/mol. The lowest BCUT2D eigenvalue weighted by Crippen LogP contribution is -2.66. The van der Waals surface area contributed by atoms with Crippen LogP contribution in [0.15, 0.2) is 18.2 Å². The zero-order valence-electron chi connectivity index (χ0n) is 25.0. The predicted octanol–water partition coefficient (Wildman–Crippen LogP) is 6.39. The van der Waals surface area contributed by atoms with Gasteiger partial charge in [-0.15, -0.1) is 0 Å². The summed E-state index contributed by atoms with van der Waals surface area (Å²) in [6.07, 6.45) is 5.28. The van der Waals surface area contributed by atoms with Crippen LogP contribution >= 0.6 is 23.2 Å². The first kappa shape index (κ1) is 34.4. The molecule has 2 unspecified atom stereocenters. The minimum absolute atomic E-state index is 0.0483. The van der Waals surface area contributed by atoms with E-state index in [2.05, 4.69) is 10.2 Å². The number of hydrogen-bond acceptors (Lipinski definition) is 4. The lowest BCUT2D eigenvalue weighted by molar-refractivity contribution is -0.148. The van der Waals surface area contributed by atoms with Gasteiger partial charge in [0.1, 0.15) is 11.1 Å². The molecule has 44 heavy (non-hydrogen) atoms. The van der Waals surface area contributed by atoms with E-state index in [9.17, 15) is 31.5 Å². The Kier molecular flexibility index (Phi) is 11.2. The number of carbonyl (C=O) groups excluding carboxylic acids is 2. The lowest BCUT2D eigenvalue weighted by atomic mass is 9.80. The quantitative estimate of drug-likeness (QED) is 0.192. The van der Waals surface area contributed by atoms with Crippen molar-refractivity contribution in [1.29, 1.82) is 0 Å². The van der Waals surface area contributed by atoms with Crippen LogP contribution in [-0.2, 0) is 4.79 Å². The third-order valence-electron chi connectivity index (χ3n) is 8.94. The molecule has 2 amide bonds. The third-order valence-corrected chi connectivity index (χ3v) is 9.68. The Hall–Kier alpha value is -2.47. The van der Waals surface area contributed by atoms with Crippen molar-refractivity contribution in [1.82, 2.24) is 20.0 Å². The number of halogens is 7. The molecule has 2 aromatic rings. The molecular weight excluding hydrogens is 626 g/mol. The van der Waals surface area contributed by atoms with E-state index < -0.39 is 52.0 Å². The van der Waals surface area contributed by atoms with Crippen LogP contribution in [0.1, 0.15) is 66.8 Å². The van der Waals surface area contributed by atoms with Gasteiger partial charge in [0.05, 0.1) is 10.0 Å². The number of nitrogens with one attached hydrogen (secondary N) is 1. The van der Waals surface area contributed by atoms with Gasteiger partial charge in [-0.05, 0) is 75.9 Å². The summed E-state index contributed by atoms with van der Waals surface area (Å²) < 4.78 is 70.4. The van der Waals surface area contributed by atoms with Crippen molar-refractivity contribution in [2.45, 2.75) is 62.4 Å². The molecule has 2 saturated heterocycles. The van der Waals surface area contributed by atoms with Crippen LogP contribution in [0.5, 0.6) is 0 Å². The second-order valence-electron chi connectivity index (χ2n) is 11.9. The summed E-state index contributed by atoms with van der Waals surface area (Å²) in [6, 6.07) is 5.03. The molecule has 2 aliphatic heterocycles. The molecule has 6 nitrogen and oxygen atoms in total. The molecular formula is C31H37Cl2F5N4O2. The minimum atomic E-state index is -2.33. The highest BCUT2D eigenvalue weighted by Crippen LogP contribution is 2.38. The number of nitrogens with zero attached hydrogens (tertiary/aromatic N) is 3. The first-order valence-corrected chi connectivity index (χ1v) is 15.5. The Morgan fingerprint density at radius 2 is 1.57 bits per heavy atom. The number of benzene rings is 2. The molecule has 0 radical (unpaired) electrons. The SMILES string of the molecule is CN(C)C(=O)C1(N2CCCCC2CCC(CN(C)C(=O)c2c(F)c(F)c(F)c(F)c2F)c2ccc(Cl)c(Cl)c2)CCNCC1. The molecule has 0 aromatic heterocycles. The third kappa shape index (κ3) is 6.85. The van der Waals surface area contributed by atoms with Crippen LogP contribution in [0, 0.1) is 29.1 Å². The predicted molar refractivity (Wildman–Crippen MR) is 160 cm³/mol. The average Bonchev–Trinajstić information content (AvgIpc) is 3.02. The van der Waals surface area contributed by atoms with Crippen molar-refractivity contribution in [3.8, 4) is 0 Å². The molecule has 0 aliphatic carbocycles. The Morgan fingerprint density at radius 1 is 0.955 bits per heavy atom. The van der Waals surface area contributed by atoms with Crippen LogP contribution in [0.2, 0.25) is 10.0 Å². The van der Waals surface area contributed by atoms with Gasteiger partial charge in [-0.25, -0.2) is 22.0 Å². The first-order chi connectivity index (χ1) is 20.8. The Labute approximate surface area is 264 Å². The Balaban J connectivity index is 1.62. The summed E-state index contributed by atoms with van der Waals surface area (Å²) in [6.45, 7) is 2.10. The number of piperidine rings is 2. The summed E-state index contributed by atoms with van der Waals surface area (Å²) in [5.41, 5.74) is -1.46. The topological polar surface area (TPSA) is 55.9 Å². The van der Waals surface area contributed by atoms with E-state index in [1.54, 1.807) is 37.2 Å². The maximum absolute atomic E-state index is 14.5. The zero-order valence-corrected chi connectivity index (χ0v) is 26.5. The van der Waals surface area contributed by atoms with Crippen molar-refractivity contribution < 1.29 is 31.5 Å². The van der Waals surface area contributed by atoms with Gasteiger partial charge < -0.3 is 15.1 Å². The van der Waals surface area contributed by atoms with Crippen LogP contribution in [0.25, 0.3) is 0 Å². The number of amides is 2. The molecule has 0 bridgehead atoms. The van der Waals surface area contributed by atoms with E-state index in [1.807, 2.05) is 0 Å². The van der Waals surface area contributed by atoms with Gasteiger partial charge in [-0.2, -0.15) is 0 Å². The molecule has 4 rings (SSSR count). The van der Waals surface area contributed by atoms with Gasteiger partial charge in [-0.1, -0.05) is 35.7 Å². The normalized spacial score (nSPS) is 19.5. The minimum Gasteiger partial charge on any atom is -0.347 e. The number of likely N-dealkylation sites (tertiary alicyclic amines) is 1. The molecule has 2 atom stereocenters. The number of hydrogen-bond donors (Lipinski definition) is 1. The second kappa shape index (κ2) is 14.3. The number of carbonyl (C=O) groups is 2. The molecule has 2 fully saturated rings. The first-order valence-electron chi connectivity index (χ1n) is 14.7. The van der Waals surface area contributed by atoms with E-state index in [4.69, 9.17) is 23.2 Å². The van der Waals surface area contributed by atoms with Gasteiger partial charge >= 0.3 is 0 Å². The largest absolute Gasteiger partial charge is 0.347 e. The van der Waals surface area contributed by atoms with E-state index in [0.29, 0.717) is 36.3 Å². The summed E-state index contributed by atoms with van der Waals surface area (Å²) in [4.78, 5) is 31.7. The lowest BCUT2D eigenvalue weighted by Gasteiger charge is -2.51. The molecule has 1 N–H and O–H groups in total. The van der Waals surface area contributed by atoms with Gasteiger partial charge in [0, 0.05) is 39.6 Å². The van der Waals surface area contributed by atoms with E-state index >= 15 is 0 Å². The molecule has 2 aromatic carbocycles. The van der Waals surface area contributed by atoms with E-state index in [1.165, 1.54) is 7.05 Å².